The van der Waals surface area contributed by atoms with Crippen LogP contribution in [-0.2, 0) is 6.42 Å². The summed E-state index contributed by atoms with van der Waals surface area (Å²) < 4.78 is 0. The largest absolute Gasteiger partial charge is 0.317 e. The lowest BCUT2D eigenvalue weighted by molar-refractivity contribution is 0.497. The van der Waals surface area contributed by atoms with Crippen LogP contribution in [-0.4, -0.2) is 13.1 Å². The highest BCUT2D eigenvalue weighted by Gasteiger charge is 2.08. The molecule has 1 nitrogen and oxygen atoms in total. The van der Waals surface area contributed by atoms with Crippen molar-refractivity contribution in [3.63, 3.8) is 0 Å². The van der Waals surface area contributed by atoms with Gasteiger partial charge in [0.05, 0.1) is 0 Å². The van der Waals surface area contributed by atoms with Crippen LogP contribution in [0.5, 0.6) is 0 Å². The molecular formula is C17H29N. The molecule has 1 unspecified atom stereocenters. The lowest BCUT2D eigenvalue weighted by Crippen LogP contribution is -2.19. The predicted molar refractivity (Wildman–Crippen MR) is 81.3 cm³/mol. The number of hydrogen-bond donors (Lipinski definition) is 1. The molecule has 1 atom stereocenters. The first-order valence-electron chi connectivity index (χ1n) is 7.32. The normalized spacial score (nSPS) is 12.7. The molecule has 0 aliphatic heterocycles. The van der Waals surface area contributed by atoms with Gasteiger partial charge in [-0.15, -0.1) is 0 Å². The maximum Gasteiger partial charge on any atom is -0.00463 e. The Balaban J connectivity index is 2.51. The van der Waals surface area contributed by atoms with Crippen molar-refractivity contribution in [1.29, 1.82) is 0 Å². The fraction of sp³-hybridized carbons (Fsp3) is 0.647. The highest BCUT2D eigenvalue weighted by atomic mass is 14.8. The van der Waals surface area contributed by atoms with Gasteiger partial charge in [0.1, 0.15) is 0 Å². The van der Waals surface area contributed by atoms with Crippen molar-refractivity contribution in [2.45, 2.75) is 53.9 Å². The van der Waals surface area contributed by atoms with Crippen LogP contribution in [0.3, 0.4) is 0 Å². The second-order valence-corrected chi connectivity index (χ2v) is 5.73. The first-order chi connectivity index (χ1) is 8.54. The molecule has 1 N–H and O–H groups in total. The molecule has 18 heavy (non-hydrogen) atoms. The number of rotatable bonds is 7. The quantitative estimate of drug-likeness (QED) is 0.713. The topological polar surface area (TPSA) is 12.0 Å². The van der Waals surface area contributed by atoms with Crippen LogP contribution in [0.1, 0.15) is 48.9 Å². The van der Waals surface area contributed by atoms with Crippen LogP contribution in [0, 0.1) is 26.7 Å². The zero-order chi connectivity index (χ0) is 13.5. The standard InChI is InChI=1S/C17H29N/c1-6-8-18-9-7-13(2)12-17-15(4)10-14(3)11-16(17)5/h10-11,13,18H,6-9,12H2,1-5H3. The average Bonchev–Trinajstić information content (AvgIpc) is 2.29. The van der Waals surface area contributed by atoms with Gasteiger partial charge >= 0.3 is 0 Å². The molecule has 1 aromatic rings. The number of nitrogens with one attached hydrogen (secondary N) is 1. The van der Waals surface area contributed by atoms with Crippen LogP contribution in [0.15, 0.2) is 12.1 Å². The van der Waals surface area contributed by atoms with Gasteiger partial charge in [0.25, 0.3) is 0 Å². The average molecular weight is 247 g/mol. The summed E-state index contributed by atoms with van der Waals surface area (Å²) in [6, 6.07) is 4.62. The number of aryl methyl sites for hydroxylation is 3. The lowest BCUT2D eigenvalue weighted by atomic mass is 9.91. The summed E-state index contributed by atoms with van der Waals surface area (Å²) in [6.45, 7) is 13.6. The summed E-state index contributed by atoms with van der Waals surface area (Å²) in [5, 5.41) is 3.49. The van der Waals surface area contributed by atoms with E-state index in [1.54, 1.807) is 5.56 Å². The Morgan fingerprint density at radius 3 is 2.22 bits per heavy atom. The van der Waals surface area contributed by atoms with Crippen LogP contribution >= 0.6 is 0 Å². The molecule has 0 aliphatic rings. The van der Waals surface area contributed by atoms with E-state index in [1.165, 1.54) is 36.0 Å². The van der Waals surface area contributed by atoms with Crippen molar-refractivity contribution >= 4 is 0 Å². The summed E-state index contributed by atoms with van der Waals surface area (Å²) in [6.07, 6.45) is 3.71. The molecule has 0 fully saturated rings. The van der Waals surface area contributed by atoms with Gasteiger partial charge < -0.3 is 5.32 Å². The Bertz CT molecular complexity index is 345. The summed E-state index contributed by atoms with van der Waals surface area (Å²) in [7, 11) is 0. The molecule has 0 amide bonds. The monoisotopic (exact) mass is 247 g/mol. The Labute approximate surface area is 113 Å². The minimum atomic E-state index is 0.759. The van der Waals surface area contributed by atoms with E-state index in [9.17, 15) is 0 Å². The smallest absolute Gasteiger partial charge is 0.00463 e. The number of benzene rings is 1. The van der Waals surface area contributed by atoms with E-state index >= 15 is 0 Å². The van der Waals surface area contributed by atoms with Crippen molar-refractivity contribution < 1.29 is 0 Å². The molecule has 1 aromatic carbocycles. The Kier molecular flexibility index (Phi) is 6.42. The third kappa shape index (κ3) is 4.81. The molecule has 0 bridgehead atoms. The summed E-state index contributed by atoms with van der Waals surface area (Å²) in [5.41, 5.74) is 5.86. The van der Waals surface area contributed by atoms with Gasteiger partial charge in [0.15, 0.2) is 0 Å². The van der Waals surface area contributed by atoms with Crippen molar-refractivity contribution in [2.24, 2.45) is 5.92 Å². The molecule has 1 heteroatoms. The van der Waals surface area contributed by atoms with Crippen molar-refractivity contribution in [1.82, 2.24) is 5.32 Å². The van der Waals surface area contributed by atoms with E-state index in [0.29, 0.717) is 0 Å². The van der Waals surface area contributed by atoms with E-state index < -0.39 is 0 Å². The highest BCUT2D eigenvalue weighted by molar-refractivity contribution is 5.37. The first kappa shape index (κ1) is 15.2. The zero-order valence-corrected chi connectivity index (χ0v) is 12.8. The van der Waals surface area contributed by atoms with E-state index in [1.807, 2.05) is 0 Å². The Morgan fingerprint density at radius 1 is 1.06 bits per heavy atom. The summed E-state index contributed by atoms with van der Waals surface area (Å²) in [5.74, 6) is 0.759. The van der Waals surface area contributed by atoms with Gasteiger partial charge in [-0.05, 0) is 75.7 Å². The summed E-state index contributed by atoms with van der Waals surface area (Å²) >= 11 is 0. The minimum Gasteiger partial charge on any atom is -0.317 e. The van der Waals surface area contributed by atoms with Crippen LogP contribution < -0.4 is 5.32 Å². The fourth-order valence-corrected chi connectivity index (χ4v) is 2.63. The molecule has 0 radical (unpaired) electrons. The van der Waals surface area contributed by atoms with Gasteiger partial charge in [-0.1, -0.05) is 31.5 Å². The Hall–Kier alpha value is -0.820. The minimum absolute atomic E-state index is 0.759. The number of hydrogen-bond acceptors (Lipinski definition) is 1. The molecule has 0 saturated heterocycles. The maximum absolute atomic E-state index is 3.49. The van der Waals surface area contributed by atoms with E-state index in [2.05, 4.69) is 52.1 Å². The van der Waals surface area contributed by atoms with Crippen LogP contribution in [0.4, 0.5) is 0 Å². The van der Waals surface area contributed by atoms with Crippen LogP contribution in [0.25, 0.3) is 0 Å². The van der Waals surface area contributed by atoms with Gasteiger partial charge in [0.2, 0.25) is 0 Å². The second-order valence-electron chi connectivity index (χ2n) is 5.73. The van der Waals surface area contributed by atoms with Gasteiger partial charge in [-0.3, -0.25) is 0 Å². The van der Waals surface area contributed by atoms with Crippen LogP contribution in [0.2, 0.25) is 0 Å². The molecule has 0 spiro atoms. The predicted octanol–water partition coefficient (Wildman–Crippen LogP) is 4.18. The first-order valence-corrected chi connectivity index (χ1v) is 7.32. The van der Waals surface area contributed by atoms with E-state index in [4.69, 9.17) is 0 Å². The SMILES string of the molecule is CCCNCCC(C)Cc1c(C)cc(C)cc1C. The third-order valence-corrected chi connectivity index (χ3v) is 3.63. The fourth-order valence-electron chi connectivity index (χ4n) is 2.63. The third-order valence-electron chi connectivity index (χ3n) is 3.63. The van der Waals surface area contributed by atoms with Crippen molar-refractivity contribution in [3.8, 4) is 0 Å². The van der Waals surface area contributed by atoms with E-state index in [0.717, 1.165) is 19.0 Å². The van der Waals surface area contributed by atoms with E-state index in [-0.39, 0.29) is 0 Å². The highest BCUT2D eigenvalue weighted by Crippen LogP contribution is 2.21. The van der Waals surface area contributed by atoms with Gasteiger partial charge in [-0.25, -0.2) is 0 Å². The molecule has 0 heterocycles. The molecular weight excluding hydrogens is 218 g/mol. The second kappa shape index (κ2) is 7.58. The zero-order valence-electron chi connectivity index (χ0n) is 12.8. The van der Waals surface area contributed by atoms with Crippen molar-refractivity contribution in [3.05, 3.63) is 34.4 Å². The molecule has 1 rings (SSSR count). The van der Waals surface area contributed by atoms with Gasteiger partial charge in [-0.2, -0.15) is 0 Å². The summed E-state index contributed by atoms with van der Waals surface area (Å²) in [4.78, 5) is 0. The Morgan fingerprint density at radius 2 is 1.67 bits per heavy atom. The van der Waals surface area contributed by atoms with Gasteiger partial charge in [0, 0.05) is 0 Å². The molecule has 0 aliphatic carbocycles. The molecule has 0 aromatic heterocycles. The van der Waals surface area contributed by atoms with Crippen molar-refractivity contribution in [2.75, 3.05) is 13.1 Å². The maximum atomic E-state index is 3.49. The lowest BCUT2D eigenvalue weighted by Gasteiger charge is -2.16. The molecule has 102 valence electrons. The molecule has 0 saturated carbocycles.